The Kier molecular flexibility index (Phi) is 6.97. The van der Waals surface area contributed by atoms with Gasteiger partial charge in [-0.2, -0.15) is 0 Å². The molecule has 0 heterocycles. The maximum atomic E-state index is 2.45. The number of hydrogen-bond acceptors (Lipinski definition) is 0. The molecule has 11 aromatic carbocycles. The van der Waals surface area contributed by atoms with E-state index >= 15 is 0 Å². The number of rotatable bonds is 4. The molecule has 11 aromatic rings. The fraction of sp³-hybridized carbons (Fsp3) is 0. The van der Waals surface area contributed by atoms with E-state index in [0.29, 0.717) is 0 Å². The summed E-state index contributed by atoms with van der Waals surface area (Å²) in [5.41, 5.74) is 9.95. The van der Waals surface area contributed by atoms with Crippen LogP contribution in [0.5, 0.6) is 0 Å². The Morgan fingerprint density at radius 3 is 1.02 bits per heavy atom. The van der Waals surface area contributed by atoms with Gasteiger partial charge in [-0.3, -0.25) is 0 Å². The third-order valence-electron chi connectivity index (χ3n) is 11.4. The topological polar surface area (TPSA) is 0 Å². The molecular weight excluding hydrogens is 649 g/mol. The second-order valence-corrected chi connectivity index (χ2v) is 14.4. The van der Waals surface area contributed by atoms with E-state index in [1.165, 1.54) is 109 Å². The molecule has 0 atom stereocenters. The minimum atomic E-state index is 1.21. The van der Waals surface area contributed by atoms with Crippen LogP contribution >= 0.6 is 0 Å². The predicted molar refractivity (Wildman–Crippen MR) is 233 cm³/mol. The highest BCUT2D eigenvalue weighted by Crippen LogP contribution is 2.46. The van der Waals surface area contributed by atoms with Crippen molar-refractivity contribution in [2.24, 2.45) is 0 Å². The smallest absolute Gasteiger partial charge is 0.00259 e. The standard InChI is InChI=1S/C54H34/c1-4-14-38-31-41(24-21-35(38)11-1)45-29-30-46(48-18-8-7-17-47(45)48)42-27-28-51-52(34-42)54(44-26-23-37-13-3-6-16-40(37)33-44)50-20-10-9-19-49(50)53(51)43-25-22-36-12-2-5-15-39(36)32-43/h1-34H. The lowest BCUT2D eigenvalue weighted by Gasteiger charge is -2.20. The summed E-state index contributed by atoms with van der Waals surface area (Å²) in [5, 5.41) is 15.1. The average molecular weight is 683 g/mol. The Bertz CT molecular complexity index is 3270. The molecule has 0 saturated heterocycles. The molecule has 0 aliphatic carbocycles. The van der Waals surface area contributed by atoms with E-state index in [9.17, 15) is 0 Å². The zero-order valence-corrected chi connectivity index (χ0v) is 29.6. The molecule has 250 valence electrons. The van der Waals surface area contributed by atoms with Crippen molar-refractivity contribution in [1.82, 2.24) is 0 Å². The monoisotopic (exact) mass is 682 g/mol. The molecule has 0 amide bonds. The van der Waals surface area contributed by atoms with E-state index in [-0.39, 0.29) is 0 Å². The Balaban J connectivity index is 1.19. The number of hydrogen-bond donors (Lipinski definition) is 0. The van der Waals surface area contributed by atoms with Crippen LogP contribution in [0.25, 0.3) is 109 Å². The molecule has 0 bridgehead atoms. The van der Waals surface area contributed by atoms with E-state index in [0.717, 1.165) is 0 Å². The highest BCUT2D eigenvalue weighted by molar-refractivity contribution is 6.23. The Morgan fingerprint density at radius 2 is 0.519 bits per heavy atom. The van der Waals surface area contributed by atoms with Crippen LogP contribution in [0.15, 0.2) is 206 Å². The predicted octanol–water partition coefficient (Wildman–Crippen LogP) is 15.3. The van der Waals surface area contributed by atoms with E-state index in [4.69, 9.17) is 0 Å². The van der Waals surface area contributed by atoms with Crippen LogP contribution in [-0.4, -0.2) is 0 Å². The van der Waals surface area contributed by atoms with Crippen LogP contribution in [0.3, 0.4) is 0 Å². The third kappa shape index (κ3) is 4.92. The second-order valence-electron chi connectivity index (χ2n) is 14.4. The average Bonchev–Trinajstić information content (AvgIpc) is 3.24. The largest absolute Gasteiger partial charge is 0.0616 e. The summed E-state index contributed by atoms with van der Waals surface area (Å²) in [7, 11) is 0. The van der Waals surface area contributed by atoms with Gasteiger partial charge < -0.3 is 0 Å². The molecule has 11 rings (SSSR count). The lowest BCUT2D eigenvalue weighted by Crippen LogP contribution is -1.92. The first-order chi connectivity index (χ1) is 26.8. The van der Waals surface area contributed by atoms with E-state index in [1.54, 1.807) is 0 Å². The number of fused-ring (bicyclic) bond motifs is 6. The van der Waals surface area contributed by atoms with Crippen molar-refractivity contribution in [3.63, 3.8) is 0 Å². The van der Waals surface area contributed by atoms with Crippen molar-refractivity contribution in [3.8, 4) is 44.5 Å². The van der Waals surface area contributed by atoms with E-state index in [1.807, 2.05) is 0 Å². The molecule has 0 aliphatic heterocycles. The number of benzene rings is 11. The lowest BCUT2D eigenvalue weighted by molar-refractivity contribution is 1.65. The Labute approximate surface area is 314 Å². The zero-order valence-electron chi connectivity index (χ0n) is 29.6. The van der Waals surface area contributed by atoms with Gasteiger partial charge in [0.05, 0.1) is 0 Å². The van der Waals surface area contributed by atoms with Gasteiger partial charge in [-0.05, 0) is 133 Å². The summed E-state index contributed by atoms with van der Waals surface area (Å²) >= 11 is 0. The molecule has 0 radical (unpaired) electrons. The van der Waals surface area contributed by atoms with Crippen molar-refractivity contribution in [3.05, 3.63) is 206 Å². The van der Waals surface area contributed by atoms with Crippen LogP contribution in [0.4, 0.5) is 0 Å². The first kappa shape index (κ1) is 30.6. The molecule has 0 unspecified atom stereocenters. The molecule has 0 nitrogen and oxygen atoms in total. The van der Waals surface area contributed by atoms with Crippen LogP contribution in [0.1, 0.15) is 0 Å². The summed E-state index contributed by atoms with van der Waals surface area (Å²) < 4.78 is 0. The zero-order chi connectivity index (χ0) is 35.6. The summed E-state index contributed by atoms with van der Waals surface area (Å²) in [6.45, 7) is 0. The third-order valence-corrected chi connectivity index (χ3v) is 11.4. The first-order valence-corrected chi connectivity index (χ1v) is 18.7. The van der Waals surface area contributed by atoms with Gasteiger partial charge in [-0.25, -0.2) is 0 Å². The maximum absolute atomic E-state index is 2.45. The molecule has 54 heavy (non-hydrogen) atoms. The van der Waals surface area contributed by atoms with Crippen LogP contribution < -0.4 is 0 Å². The van der Waals surface area contributed by atoms with E-state index < -0.39 is 0 Å². The van der Waals surface area contributed by atoms with Gasteiger partial charge in [0, 0.05) is 0 Å². The van der Waals surface area contributed by atoms with Crippen molar-refractivity contribution < 1.29 is 0 Å². The summed E-state index contributed by atoms with van der Waals surface area (Å²) in [5.74, 6) is 0. The maximum Gasteiger partial charge on any atom is -0.00259 e. The summed E-state index contributed by atoms with van der Waals surface area (Å²) in [6.07, 6.45) is 0. The summed E-state index contributed by atoms with van der Waals surface area (Å²) in [6, 6.07) is 76.3. The van der Waals surface area contributed by atoms with Gasteiger partial charge in [0.15, 0.2) is 0 Å². The quantitative estimate of drug-likeness (QED) is 0.162. The van der Waals surface area contributed by atoms with Crippen LogP contribution in [0.2, 0.25) is 0 Å². The van der Waals surface area contributed by atoms with Gasteiger partial charge in [0.2, 0.25) is 0 Å². The normalized spacial score (nSPS) is 11.7. The van der Waals surface area contributed by atoms with E-state index in [2.05, 4.69) is 206 Å². The van der Waals surface area contributed by atoms with Crippen LogP contribution in [0, 0.1) is 0 Å². The fourth-order valence-corrected chi connectivity index (χ4v) is 8.82. The van der Waals surface area contributed by atoms with Crippen LogP contribution in [-0.2, 0) is 0 Å². The highest BCUT2D eigenvalue weighted by atomic mass is 14.2. The molecule has 0 aliphatic rings. The minimum Gasteiger partial charge on any atom is -0.0616 e. The molecular formula is C54H34. The minimum absolute atomic E-state index is 1.21. The van der Waals surface area contributed by atoms with Crippen molar-refractivity contribution >= 4 is 64.6 Å². The SMILES string of the molecule is c1ccc2cc(-c3ccc(-c4ccc5c(-c6ccc7ccccc7c6)c6ccccc6c(-c6ccc7ccccc7c6)c5c4)c4ccccc34)ccc2c1. The molecule has 0 N–H and O–H groups in total. The molecule has 0 heteroatoms. The lowest BCUT2D eigenvalue weighted by atomic mass is 9.83. The summed E-state index contributed by atoms with van der Waals surface area (Å²) in [4.78, 5) is 0. The van der Waals surface area contributed by atoms with Crippen molar-refractivity contribution in [2.75, 3.05) is 0 Å². The van der Waals surface area contributed by atoms with Gasteiger partial charge in [-0.15, -0.1) is 0 Å². The highest BCUT2D eigenvalue weighted by Gasteiger charge is 2.19. The molecule has 0 fully saturated rings. The van der Waals surface area contributed by atoms with Crippen molar-refractivity contribution in [1.29, 1.82) is 0 Å². The molecule has 0 saturated carbocycles. The first-order valence-electron chi connectivity index (χ1n) is 18.7. The fourth-order valence-electron chi connectivity index (χ4n) is 8.82. The van der Waals surface area contributed by atoms with Gasteiger partial charge in [-0.1, -0.05) is 182 Å². The molecule has 0 spiro atoms. The molecule has 0 aromatic heterocycles. The van der Waals surface area contributed by atoms with Gasteiger partial charge >= 0.3 is 0 Å². The second kappa shape index (κ2) is 12.3. The Hall–Kier alpha value is -7.02. The Morgan fingerprint density at radius 1 is 0.185 bits per heavy atom. The van der Waals surface area contributed by atoms with Gasteiger partial charge in [0.25, 0.3) is 0 Å². The van der Waals surface area contributed by atoms with Crippen molar-refractivity contribution in [2.45, 2.75) is 0 Å². The van der Waals surface area contributed by atoms with Gasteiger partial charge in [0.1, 0.15) is 0 Å².